The summed E-state index contributed by atoms with van der Waals surface area (Å²) >= 11 is 0. The second-order valence-electron chi connectivity index (χ2n) is 12.9. The topological polar surface area (TPSA) is 20.2 Å². The third kappa shape index (κ3) is 4.22. The molecule has 0 bridgehead atoms. The van der Waals surface area contributed by atoms with Crippen molar-refractivity contribution in [2.24, 2.45) is 39.9 Å². The van der Waals surface area contributed by atoms with Gasteiger partial charge in [0.15, 0.2) is 0 Å². The average molecular weight is 429 g/mol. The second-order valence-corrected chi connectivity index (χ2v) is 12.9. The Kier molecular flexibility index (Phi) is 7.57. The lowest BCUT2D eigenvalue weighted by Crippen LogP contribution is -2.57. The van der Waals surface area contributed by atoms with Crippen LogP contribution in [0.25, 0.3) is 0 Å². The van der Waals surface area contributed by atoms with Crippen molar-refractivity contribution < 1.29 is 5.11 Å². The van der Waals surface area contributed by atoms with Gasteiger partial charge in [0.1, 0.15) is 0 Å². The molecule has 0 heterocycles. The number of hydrogen-bond acceptors (Lipinski definition) is 1. The summed E-state index contributed by atoms with van der Waals surface area (Å²) in [6.45, 7) is 20.1. The predicted molar refractivity (Wildman–Crippen MR) is 135 cm³/mol. The van der Waals surface area contributed by atoms with Crippen LogP contribution in [0.5, 0.6) is 0 Å². The summed E-state index contributed by atoms with van der Waals surface area (Å²) in [7, 11) is 0. The van der Waals surface area contributed by atoms with Crippen LogP contribution in [-0.4, -0.2) is 11.7 Å². The summed E-state index contributed by atoms with van der Waals surface area (Å²) in [6.07, 6.45) is 15.5. The summed E-state index contributed by atoms with van der Waals surface area (Å²) in [5.41, 5.74) is 6.14. The smallest absolute Gasteiger partial charge is 0.0431 e. The third-order valence-electron chi connectivity index (χ3n) is 10.9. The first-order valence-corrected chi connectivity index (χ1v) is 13.4. The van der Waals surface area contributed by atoms with E-state index in [0.717, 1.165) is 24.2 Å². The molecule has 1 N–H and O–H groups in total. The molecule has 0 amide bonds. The van der Waals surface area contributed by atoms with Crippen LogP contribution in [0.15, 0.2) is 22.8 Å². The molecule has 31 heavy (non-hydrogen) atoms. The van der Waals surface area contributed by atoms with Gasteiger partial charge in [-0.05, 0) is 132 Å². The van der Waals surface area contributed by atoms with E-state index in [2.05, 4.69) is 61.5 Å². The Bertz CT molecular complexity index is 693. The number of hydrogen-bond donors (Lipinski definition) is 1. The van der Waals surface area contributed by atoms with Crippen LogP contribution < -0.4 is 0 Å². The number of fused-ring (bicyclic) bond motifs is 3. The fraction of sp³-hybridized carbons (Fsp3) is 0.867. The van der Waals surface area contributed by atoms with Crippen molar-refractivity contribution >= 4 is 0 Å². The molecule has 0 aromatic carbocycles. The van der Waals surface area contributed by atoms with Gasteiger partial charge < -0.3 is 5.11 Å². The molecule has 3 rings (SSSR count). The Labute approximate surface area is 194 Å². The van der Waals surface area contributed by atoms with Crippen molar-refractivity contribution in [2.45, 2.75) is 120 Å². The van der Waals surface area contributed by atoms with Crippen molar-refractivity contribution in [3.05, 3.63) is 22.8 Å². The number of rotatable bonds is 7. The van der Waals surface area contributed by atoms with Gasteiger partial charge in [-0.2, -0.15) is 0 Å². The minimum Gasteiger partial charge on any atom is -0.396 e. The van der Waals surface area contributed by atoms with Crippen LogP contribution in [0.1, 0.15) is 120 Å². The lowest BCUT2D eigenvalue weighted by molar-refractivity contribution is -0.144. The molecular formula is C30H52O. The molecule has 1 heteroatoms. The van der Waals surface area contributed by atoms with Gasteiger partial charge in [-0.3, -0.25) is 0 Å². The van der Waals surface area contributed by atoms with Crippen LogP contribution in [0.3, 0.4) is 0 Å². The molecule has 0 saturated heterocycles. The zero-order chi connectivity index (χ0) is 23.0. The van der Waals surface area contributed by atoms with Gasteiger partial charge >= 0.3 is 0 Å². The second kappa shape index (κ2) is 9.36. The van der Waals surface area contributed by atoms with Crippen LogP contribution >= 0.6 is 0 Å². The fourth-order valence-electron chi connectivity index (χ4n) is 9.04. The number of aliphatic hydroxyl groups excluding tert-OH is 1. The van der Waals surface area contributed by atoms with Crippen molar-refractivity contribution in [3.8, 4) is 0 Å². The molecule has 0 aliphatic heterocycles. The molecule has 3 aliphatic carbocycles. The maximum absolute atomic E-state index is 9.62. The van der Waals surface area contributed by atoms with Crippen LogP contribution in [0.2, 0.25) is 0 Å². The Balaban J connectivity index is 1.88. The molecule has 1 nitrogen and oxygen atoms in total. The quantitative estimate of drug-likeness (QED) is 0.402. The molecule has 0 spiro atoms. The minimum atomic E-state index is 0.341. The van der Waals surface area contributed by atoms with Gasteiger partial charge in [-0.15, -0.1) is 0 Å². The molecule has 178 valence electrons. The van der Waals surface area contributed by atoms with Crippen LogP contribution in [0.4, 0.5) is 0 Å². The predicted octanol–water partition coefficient (Wildman–Crippen LogP) is 8.73. The van der Waals surface area contributed by atoms with Gasteiger partial charge in [0.05, 0.1) is 0 Å². The standard InChI is InChI=1S/C30H52O/c1-21(2)11-9-12-23(5)25-16-17-30(8)27-15-14-24(22(3)4)26(13-10-20-31)28(27,6)18-19-29(25,30)7/h11,23,25-27,31H,9-10,12-20H2,1-8H3/t23-,25-,26+,27-,28-,29-,30+/m0/s1. The van der Waals surface area contributed by atoms with Crippen molar-refractivity contribution in [2.75, 3.05) is 6.61 Å². The highest BCUT2D eigenvalue weighted by molar-refractivity contribution is 5.25. The van der Waals surface area contributed by atoms with E-state index < -0.39 is 0 Å². The summed E-state index contributed by atoms with van der Waals surface area (Å²) in [5.74, 6) is 3.22. The van der Waals surface area contributed by atoms with Crippen molar-refractivity contribution in [3.63, 3.8) is 0 Å². The maximum atomic E-state index is 9.62. The average Bonchev–Trinajstić information content (AvgIpc) is 2.97. The van der Waals surface area contributed by atoms with Gasteiger partial charge in [0.2, 0.25) is 0 Å². The first-order valence-electron chi connectivity index (χ1n) is 13.4. The molecule has 0 aromatic heterocycles. The van der Waals surface area contributed by atoms with Gasteiger partial charge in [-0.1, -0.05) is 50.5 Å². The Morgan fingerprint density at radius 2 is 1.74 bits per heavy atom. The van der Waals surface area contributed by atoms with E-state index in [9.17, 15) is 5.11 Å². The molecular weight excluding hydrogens is 376 g/mol. The summed E-state index contributed by atoms with van der Waals surface area (Å²) in [5, 5.41) is 9.62. The SMILES string of the molecule is CC(C)=CCC[C@H](C)[C@@H]1CC[C@]2(C)[C@H]3CCC(=C(C)C)[C@@H](CCCO)[C@]3(C)CC[C@@]12C. The van der Waals surface area contributed by atoms with E-state index >= 15 is 0 Å². The van der Waals surface area contributed by atoms with Gasteiger partial charge in [0, 0.05) is 6.61 Å². The first-order chi connectivity index (χ1) is 14.5. The van der Waals surface area contributed by atoms with E-state index in [1.54, 1.807) is 11.1 Å². The normalized spacial score (nSPS) is 40.8. The highest BCUT2D eigenvalue weighted by Gasteiger charge is 2.66. The largest absolute Gasteiger partial charge is 0.396 e. The zero-order valence-corrected chi connectivity index (χ0v) is 22.1. The molecule has 3 fully saturated rings. The fourth-order valence-corrected chi connectivity index (χ4v) is 9.04. The highest BCUT2D eigenvalue weighted by Crippen LogP contribution is 2.74. The van der Waals surface area contributed by atoms with Gasteiger partial charge in [0.25, 0.3) is 0 Å². The molecule has 3 aliphatic rings. The van der Waals surface area contributed by atoms with E-state index in [4.69, 9.17) is 0 Å². The molecule has 0 aromatic rings. The summed E-state index contributed by atoms with van der Waals surface area (Å²) < 4.78 is 0. The number of aliphatic hydroxyl groups is 1. The van der Waals surface area contributed by atoms with Crippen molar-refractivity contribution in [1.29, 1.82) is 0 Å². The summed E-state index contributed by atoms with van der Waals surface area (Å²) in [6, 6.07) is 0. The summed E-state index contributed by atoms with van der Waals surface area (Å²) in [4.78, 5) is 0. The molecule has 3 saturated carbocycles. The van der Waals surface area contributed by atoms with E-state index in [0.29, 0.717) is 28.8 Å². The van der Waals surface area contributed by atoms with Crippen LogP contribution in [0, 0.1) is 39.9 Å². The molecule has 0 unspecified atom stereocenters. The Morgan fingerprint density at radius 1 is 1.03 bits per heavy atom. The lowest BCUT2D eigenvalue weighted by Gasteiger charge is -2.65. The molecule has 7 atom stereocenters. The van der Waals surface area contributed by atoms with E-state index in [-0.39, 0.29) is 0 Å². The Hall–Kier alpha value is -0.560. The maximum Gasteiger partial charge on any atom is 0.0431 e. The van der Waals surface area contributed by atoms with E-state index in [1.807, 2.05) is 0 Å². The third-order valence-corrected chi connectivity index (χ3v) is 10.9. The minimum absolute atomic E-state index is 0.341. The monoisotopic (exact) mass is 428 g/mol. The Morgan fingerprint density at radius 3 is 2.35 bits per heavy atom. The van der Waals surface area contributed by atoms with Crippen LogP contribution in [-0.2, 0) is 0 Å². The first kappa shape index (κ1) is 25.1. The number of allylic oxidation sites excluding steroid dienone is 4. The zero-order valence-electron chi connectivity index (χ0n) is 22.1. The van der Waals surface area contributed by atoms with Gasteiger partial charge in [-0.25, -0.2) is 0 Å². The highest BCUT2D eigenvalue weighted by atomic mass is 16.2. The molecule has 0 radical (unpaired) electrons. The lowest BCUT2D eigenvalue weighted by atomic mass is 9.40. The van der Waals surface area contributed by atoms with E-state index in [1.165, 1.54) is 63.4 Å². The van der Waals surface area contributed by atoms with Crippen molar-refractivity contribution in [1.82, 2.24) is 0 Å².